The van der Waals surface area contributed by atoms with Crippen LogP contribution in [0.15, 0.2) is 54.2 Å². The summed E-state index contributed by atoms with van der Waals surface area (Å²) in [7, 11) is 0. The second-order valence-electron chi connectivity index (χ2n) is 5.25. The van der Waals surface area contributed by atoms with Crippen molar-refractivity contribution in [3.63, 3.8) is 0 Å². The molecule has 0 saturated carbocycles. The van der Waals surface area contributed by atoms with E-state index in [0.29, 0.717) is 16.3 Å². The molecule has 0 spiro atoms. The van der Waals surface area contributed by atoms with Gasteiger partial charge in [-0.1, -0.05) is 12.1 Å². The van der Waals surface area contributed by atoms with Crippen LogP contribution < -0.4 is 5.32 Å². The number of allylic oxidation sites excluding steroid dienone is 1. The van der Waals surface area contributed by atoms with Crippen molar-refractivity contribution in [2.45, 2.75) is 6.92 Å². The molecule has 0 aliphatic heterocycles. The molecule has 0 bridgehead atoms. The van der Waals surface area contributed by atoms with Crippen molar-refractivity contribution in [2.24, 2.45) is 0 Å². The number of thiazole rings is 1. The number of nitrogens with one attached hydrogen (secondary N) is 1. The number of carbonyl (C=O) groups is 1. The molecule has 1 aromatic heterocycles. The molecule has 3 aromatic rings. The van der Waals surface area contributed by atoms with E-state index in [1.807, 2.05) is 30.3 Å². The second-order valence-corrected chi connectivity index (χ2v) is 6.28. The SMILES string of the molecule is CCOC(=O)/C(=C\C#N)Nc1ccc(O)c(-c2nc3ccccc3s2)c1. The Balaban J connectivity index is 1.96. The minimum atomic E-state index is -0.622. The summed E-state index contributed by atoms with van der Waals surface area (Å²) in [5.41, 5.74) is 1.94. The minimum absolute atomic E-state index is 0.0234. The van der Waals surface area contributed by atoms with Crippen LogP contribution >= 0.6 is 11.3 Å². The number of ether oxygens (including phenoxy) is 1. The molecule has 0 saturated heterocycles. The van der Waals surface area contributed by atoms with E-state index in [4.69, 9.17) is 10.00 Å². The standard InChI is InChI=1S/C19H15N3O3S/c1-2-25-19(24)15(9-10-20)21-12-7-8-16(23)13(11-12)18-22-14-5-3-4-6-17(14)26-18/h3-9,11,21,23H,2H2,1H3/b15-9+. The van der Waals surface area contributed by atoms with Crippen LogP contribution in [0.5, 0.6) is 5.75 Å². The van der Waals surface area contributed by atoms with Gasteiger partial charge in [0, 0.05) is 11.8 Å². The number of fused-ring (bicyclic) bond motifs is 1. The van der Waals surface area contributed by atoms with Crippen molar-refractivity contribution < 1.29 is 14.6 Å². The summed E-state index contributed by atoms with van der Waals surface area (Å²) >= 11 is 1.46. The summed E-state index contributed by atoms with van der Waals surface area (Å²) < 4.78 is 5.94. The van der Waals surface area contributed by atoms with Crippen LogP contribution in [0, 0.1) is 11.3 Å². The average molecular weight is 365 g/mol. The molecular formula is C19H15N3O3S. The lowest BCUT2D eigenvalue weighted by Gasteiger charge is -2.10. The van der Waals surface area contributed by atoms with Gasteiger partial charge in [-0.2, -0.15) is 5.26 Å². The smallest absolute Gasteiger partial charge is 0.355 e. The topological polar surface area (TPSA) is 95.2 Å². The molecule has 0 atom stereocenters. The summed E-state index contributed by atoms with van der Waals surface area (Å²) in [6.07, 6.45) is 1.09. The molecule has 26 heavy (non-hydrogen) atoms. The Labute approximate surface area is 154 Å². The predicted octanol–water partition coefficient (Wildman–Crippen LogP) is 4.05. The van der Waals surface area contributed by atoms with Crippen molar-refractivity contribution in [1.82, 2.24) is 4.98 Å². The highest BCUT2D eigenvalue weighted by Crippen LogP contribution is 2.36. The number of para-hydroxylation sites is 1. The molecule has 0 unspecified atom stereocenters. The van der Waals surface area contributed by atoms with Crippen LogP contribution in [0.4, 0.5) is 5.69 Å². The summed E-state index contributed by atoms with van der Waals surface area (Å²) in [6.45, 7) is 1.89. The first-order valence-electron chi connectivity index (χ1n) is 7.85. The predicted molar refractivity (Wildman–Crippen MR) is 101 cm³/mol. The molecule has 0 radical (unpaired) electrons. The first-order chi connectivity index (χ1) is 12.6. The van der Waals surface area contributed by atoms with Crippen molar-refractivity contribution in [1.29, 1.82) is 5.26 Å². The number of hydrogen-bond acceptors (Lipinski definition) is 7. The summed E-state index contributed by atoms with van der Waals surface area (Å²) in [5, 5.41) is 22.6. The van der Waals surface area contributed by atoms with Gasteiger partial charge in [0.15, 0.2) is 0 Å². The number of esters is 1. The van der Waals surface area contributed by atoms with Gasteiger partial charge in [-0.3, -0.25) is 0 Å². The largest absolute Gasteiger partial charge is 0.507 e. The maximum absolute atomic E-state index is 11.9. The fourth-order valence-electron chi connectivity index (χ4n) is 2.35. The number of carbonyl (C=O) groups excluding carboxylic acids is 1. The first kappa shape index (κ1) is 17.5. The van der Waals surface area contributed by atoms with Gasteiger partial charge < -0.3 is 15.2 Å². The van der Waals surface area contributed by atoms with Crippen LogP contribution in [0.2, 0.25) is 0 Å². The lowest BCUT2D eigenvalue weighted by Crippen LogP contribution is -2.14. The molecule has 1 heterocycles. The zero-order valence-electron chi connectivity index (χ0n) is 13.9. The third-order valence-corrected chi connectivity index (χ3v) is 4.57. The quantitative estimate of drug-likeness (QED) is 0.306. The normalized spacial score (nSPS) is 11.2. The summed E-state index contributed by atoms with van der Waals surface area (Å²) in [6, 6.07) is 14.3. The molecule has 6 nitrogen and oxygen atoms in total. The van der Waals surface area contributed by atoms with Gasteiger partial charge in [-0.15, -0.1) is 11.3 Å². The van der Waals surface area contributed by atoms with Crippen molar-refractivity contribution in [3.05, 3.63) is 54.2 Å². The minimum Gasteiger partial charge on any atom is -0.507 e. The van der Waals surface area contributed by atoms with Crippen molar-refractivity contribution in [2.75, 3.05) is 11.9 Å². The number of nitriles is 1. The molecule has 7 heteroatoms. The zero-order chi connectivity index (χ0) is 18.5. The van der Waals surface area contributed by atoms with Crippen LogP contribution in [0.1, 0.15) is 6.92 Å². The molecule has 2 N–H and O–H groups in total. The Morgan fingerprint density at radius 2 is 2.19 bits per heavy atom. The van der Waals surface area contributed by atoms with Gasteiger partial charge in [-0.05, 0) is 37.3 Å². The van der Waals surface area contributed by atoms with Crippen LogP contribution in [0.3, 0.4) is 0 Å². The van der Waals surface area contributed by atoms with Crippen molar-refractivity contribution in [3.8, 4) is 22.4 Å². The molecule has 130 valence electrons. The monoisotopic (exact) mass is 365 g/mol. The Hall–Kier alpha value is -3.37. The third-order valence-electron chi connectivity index (χ3n) is 3.50. The number of rotatable bonds is 5. The molecular weight excluding hydrogens is 350 g/mol. The lowest BCUT2D eigenvalue weighted by atomic mass is 10.1. The van der Waals surface area contributed by atoms with E-state index < -0.39 is 5.97 Å². The van der Waals surface area contributed by atoms with E-state index in [1.165, 1.54) is 17.4 Å². The molecule has 3 rings (SSSR count). The summed E-state index contributed by atoms with van der Waals surface area (Å²) in [4.78, 5) is 16.5. The number of anilines is 1. The number of hydrogen-bond donors (Lipinski definition) is 2. The highest BCUT2D eigenvalue weighted by molar-refractivity contribution is 7.21. The van der Waals surface area contributed by atoms with Crippen LogP contribution in [0.25, 0.3) is 20.8 Å². The number of phenols is 1. The maximum Gasteiger partial charge on any atom is 0.355 e. The second kappa shape index (κ2) is 7.68. The Morgan fingerprint density at radius 3 is 2.92 bits per heavy atom. The molecule has 0 amide bonds. The highest BCUT2D eigenvalue weighted by atomic mass is 32.1. The molecule has 2 aromatic carbocycles. The van der Waals surface area contributed by atoms with Crippen LogP contribution in [-0.4, -0.2) is 22.7 Å². The van der Waals surface area contributed by atoms with Gasteiger partial charge in [0.05, 0.1) is 28.5 Å². The zero-order valence-corrected chi connectivity index (χ0v) is 14.7. The molecule has 0 aliphatic carbocycles. The average Bonchev–Trinajstić information content (AvgIpc) is 3.07. The fraction of sp³-hybridized carbons (Fsp3) is 0.105. The Morgan fingerprint density at radius 1 is 1.38 bits per heavy atom. The van der Waals surface area contributed by atoms with Crippen LogP contribution in [-0.2, 0) is 9.53 Å². The van der Waals surface area contributed by atoms with E-state index in [0.717, 1.165) is 16.3 Å². The lowest BCUT2D eigenvalue weighted by molar-refractivity contribution is -0.138. The maximum atomic E-state index is 11.9. The molecule has 0 aliphatic rings. The number of nitrogens with zero attached hydrogens (tertiary/aromatic N) is 2. The van der Waals surface area contributed by atoms with Gasteiger partial charge in [0.25, 0.3) is 0 Å². The van der Waals surface area contributed by atoms with E-state index >= 15 is 0 Å². The third kappa shape index (κ3) is 3.66. The summed E-state index contributed by atoms with van der Waals surface area (Å²) in [5.74, 6) is -0.541. The van der Waals surface area contributed by atoms with Crippen molar-refractivity contribution >= 4 is 33.2 Å². The Kier molecular flexibility index (Phi) is 5.15. The van der Waals surface area contributed by atoms with E-state index in [2.05, 4.69) is 10.3 Å². The number of aromatic nitrogens is 1. The first-order valence-corrected chi connectivity index (χ1v) is 8.67. The number of phenolic OH excluding ortho intramolecular Hbond substituents is 1. The molecule has 0 fully saturated rings. The van der Waals surface area contributed by atoms with E-state index in [1.54, 1.807) is 19.1 Å². The van der Waals surface area contributed by atoms with E-state index in [9.17, 15) is 9.90 Å². The van der Waals surface area contributed by atoms with Gasteiger partial charge >= 0.3 is 5.97 Å². The van der Waals surface area contributed by atoms with E-state index in [-0.39, 0.29) is 18.1 Å². The highest BCUT2D eigenvalue weighted by Gasteiger charge is 2.14. The van der Waals surface area contributed by atoms with Gasteiger partial charge in [0.1, 0.15) is 16.5 Å². The van der Waals surface area contributed by atoms with Gasteiger partial charge in [-0.25, -0.2) is 9.78 Å². The number of aromatic hydroxyl groups is 1. The Bertz CT molecular complexity index is 1000. The number of benzene rings is 2. The van der Waals surface area contributed by atoms with Gasteiger partial charge in [0.2, 0.25) is 0 Å². The fourth-order valence-corrected chi connectivity index (χ4v) is 3.34.